The van der Waals surface area contributed by atoms with Gasteiger partial charge >= 0.3 is 0 Å². The van der Waals surface area contributed by atoms with E-state index in [1.807, 2.05) is 0 Å². The molecule has 0 saturated carbocycles. The number of fused-ring (bicyclic) bond motifs is 1. The van der Waals surface area contributed by atoms with Gasteiger partial charge in [-0.3, -0.25) is 19.7 Å². The molecule has 2 heterocycles. The fourth-order valence-electron chi connectivity index (χ4n) is 2.52. The van der Waals surface area contributed by atoms with Crippen LogP contribution in [0, 0.1) is 0 Å². The van der Waals surface area contributed by atoms with Crippen molar-refractivity contribution in [2.75, 3.05) is 5.73 Å². The van der Waals surface area contributed by atoms with E-state index in [0.29, 0.717) is 17.7 Å². The fourth-order valence-corrected chi connectivity index (χ4v) is 2.52. The van der Waals surface area contributed by atoms with Crippen molar-refractivity contribution in [2.45, 2.75) is 25.4 Å². The van der Waals surface area contributed by atoms with Crippen LogP contribution < -0.4 is 11.1 Å². The highest BCUT2D eigenvalue weighted by Crippen LogP contribution is 2.30. The summed E-state index contributed by atoms with van der Waals surface area (Å²) < 4.78 is 7.81. The Kier molecular flexibility index (Phi) is 2.26. The summed E-state index contributed by atoms with van der Waals surface area (Å²) in [5.41, 5.74) is 7.13. The summed E-state index contributed by atoms with van der Waals surface area (Å²) >= 11 is 0. The van der Waals surface area contributed by atoms with Crippen LogP contribution in [-0.4, -0.2) is 28.7 Å². The summed E-state index contributed by atoms with van der Waals surface area (Å²) in [6.45, 7) is 0.207. The van der Waals surface area contributed by atoms with Crippen LogP contribution in [-0.2, 0) is 16.1 Å². The number of benzene rings is 1. The van der Waals surface area contributed by atoms with Gasteiger partial charge in [-0.05, 0) is 18.5 Å². The molecule has 6 heteroatoms. The molecule has 6 nitrogen and oxygen atoms in total. The maximum Gasteiger partial charge on any atom is 0.255 e. The second-order valence-corrected chi connectivity index (χ2v) is 4.69. The molecule has 0 aliphatic carbocycles. The molecule has 1 aromatic rings. The van der Waals surface area contributed by atoms with E-state index in [-0.39, 0.29) is 36.4 Å². The van der Waals surface area contributed by atoms with Gasteiger partial charge in [0, 0.05) is 29.8 Å². The summed E-state index contributed by atoms with van der Waals surface area (Å²) in [7, 11) is 0. The summed E-state index contributed by atoms with van der Waals surface area (Å²) in [5.74, 6) is -1.16. The maximum absolute atomic E-state index is 12.4. The van der Waals surface area contributed by atoms with Crippen LogP contribution in [0.15, 0.2) is 18.2 Å². The largest absolute Gasteiger partial charge is 0.398 e. The Bertz CT molecular complexity index is 644. The minimum atomic E-state index is -0.675. The lowest BCUT2D eigenvalue weighted by atomic mass is 10.0. The molecule has 1 fully saturated rings. The van der Waals surface area contributed by atoms with Crippen LogP contribution >= 0.6 is 0 Å². The van der Waals surface area contributed by atoms with Crippen LogP contribution in [0.5, 0.6) is 0 Å². The SMILES string of the molecule is [2H]c1ccc(N)c2c1C(=O)N(C1CCC(=O)NC1=O)C2. The Morgan fingerprint density at radius 2 is 2.21 bits per heavy atom. The molecule has 1 saturated heterocycles. The molecule has 19 heavy (non-hydrogen) atoms. The lowest BCUT2D eigenvalue weighted by Gasteiger charge is -2.29. The van der Waals surface area contributed by atoms with Crippen molar-refractivity contribution in [1.29, 1.82) is 0 Å². The Labute approximate surface area is 111 Å². The van der Waals surface area contributed by atoms with Crippen LogP contribution in [0.3, 0.4) is 0 Å². The molecule has 98 valence electrons. The van der Waals surface area contributed by atoms with Gasteiger partial charge in [-0.2, -0.15) is 0 Å². The fraction of sp³-hybridized carbons (Fsp3) is 0.308. The number of nitrogens with two attached hydrogens (primary N) is 1. The van der Waals surface area contributed by atoms with Gasteiger partial charge in [-0.1, -0.05) is 6.07 Å². The number of hydrogen-bond acceptors (Lipinski definition) is 4. The van der Waals surface area contributed by atoms with Crippen molar-refractivity contribution in [3.05, 3.63) is 29.3 Å². The summed E-state index contributed by atoms with van der Waals surface area (Å²) in [6, 6.07) is 2.49. The summed E-state index contributed by atoms with van der Waals surface area (Å²) in [5, 5.41) is 2.23. The highest BCUT2D eigenvalue weighted by atomic mass is 16.2. The standard InChI is InChI=1S/C13H13N3O3/c14-9-3-1-2-7-8(9)6-16(13(7)19)10-4-5-11(17)15-12(10)18/h1-3,10H,4-6,14H2,(H,15,17,18)/i2D. The van der Waals surface area contributed by atoms with Crippen molar-refractivity contribution >= 4 is 23.4 Å². The quantitative estimate of drug-likeness (QED) is 0.550. The predicted octanol–water partition coefficient (Wildman–Crippen LogP) is 0.0298. The number of hydrogen-bond donors (Lipinski definition) is 2. The Morgan fingerprint density at radius 3 is 2.89 bits per heavy atom. The number of nitrogens with zero attached hydrogens (tertiary/aromatic N) is 1. The lowest BCUT2D eigenvalue weighted by molar-refractivity contribution is -0.136. The van der Waals surface area contributed by atoms with Crippen molar-refractivity contribution in [2.24, 2.45) is 0 Å². The van der Waals surface area contributed by atoms with Crippen LogP contribution in [0.1, 0.15) is 30.1 Å². The minimum Gasteiger partial charge on any atom is -0.398 e. The molecule has 0 radical (unpaired) electrons. The molecule has 3 rings (SSSR count). The number of amides is 3. The van der Waals surface area contributed by atoms with Crippen LogP contribution in [0.4, 0.5) is 5.69 Å². The maximum atomic E-state index is 12.4. The van der Waals surface area contributed by atoms with Gasteiger partial charge in [0.25, 0.3) is 5.91 Å². The van der Waals surface area contributed by atoms with Gasteiger partial charge in [-0.25, -0.2) is 0 Å². The Hall–Kier alpha value is -2.37. The average Bonchev–Trinajstić information content (AvgIpc) is 2.73. The van der Waals surface area contributed by atoms with E-state index in [4.69, 9.17) is 7.10 Å². The Balaban J connectivity index is 1.94. The van der Waals surface area contributed by atoms with Crippen molar-refractivity contribution in [3.63, 3.8) is 0 Å². The first kappa shape index (κ1) is 10.5. The summed E-state index contributed by atoms with van der Waals surface area (Å²) in [6.07, 6.45) is 0.511. The zero-order chi connectivity index (χ0) is 14.4. The van der Waals surface area contributed by atoms with E-state index in [0.717, 1.165) is 0 Å². The van der Waals surface area contributed by atoms with Crippen molar-refractivity contribution in [3.8, 4) is 0 Å². The van der Waals surface area contributed by atoms with Gasteiger partial charge in [0.1, 0.15) is 6.04 Å². The van der Waals surface area contributed by atoms with Crippen molar-refractivity contribution in [1.82, 2.24) is 10.2 Å². The van der Waals surface area contributed by atoms with Gasteiger partial charge < -0.3 is 10.6 Å². The monoisotopic (exact) mass is 260 g/mol. The van der Waals surface area contributed by atoms with E-state index in [2.05, 4.69) is 5.32 Å². The third-order valence-electron chi connectivity index (χ3n) is 3.53. The molecule has 2 aliphatic heterocycles. The number of carbonyl (C=O) groups is 3. The highest BCUT2D eigenvalue weighted by Gasteiger charge is 2.39. The van der Waals surface area contributed by atoms with E-state index in [1.165, 1.54) is 11.0 Å². The molecule has 0 bridgehead atoms. The molecule has 1 atom stereocenters. The first-order valence-electron chi connectivity index (χ1n) is 6.51. The molecule has 1 aromatic carbocycles. The smallest absolute Gasteiger partial charge is 0.255 e. The number of nitrogen functional groups attached to an aromatic ring is 1. The van der Waals surface area contributed by atoms with E-state index in [9.17, 15) is 14.4 Å². The summed E-state index contributed by atoms with van der Waals surface area (Å²) in [4.78, 5) is 36.8. The number of imide groups is 1. The molecule has 0 spiro atoms. The first-order chi connectivity index (χ1) is 9.49. The molecule has 0 aromatic heterocycles. The predicted molar refractivity (Wildman–Crippen MR) is 66.9 cm³/mol. The second kappa shape index (κ2) is 4.08. The zero-order valence-corrected chi connectivity index (χ0v) is 10.1. The molecule has 3 N–H and O–H groups in total. The molecular formula is C13H13N3O3. The third kappa shape index (κ3) is 1.76. The zero-order valence-electron chi connectivity index (χ0n) is 11.1. The lowest BCUT2D eigenvalue weighted by Crippen LogP contribution is -2.52. The van der Waals surface area contributed by atoms with Gasteiger partial charge in [0.05, 0.1) is 1.37 Å². The van der Waals surface area contributed by atoms with E-state index in [1.54, 1.807) is 6.07 Å². The number of anilines is 1. The topological polar surface area (TPSA) is 92.5 Å². The molecular weight excluding hydrogens is 246 g/mol. The first-order valence-corrected chi connectivity index (χ1v) is 6.01. The number of nitrogens with one attached hydrogen (secondary N) is 1. The minimum absolute atomic E-state index is 0.106. The molecule has 3 amide bonds. The highest BCUT2D eigenvalue weighted by molar-refractivity contribution is 6.06. The average molecular weight is 260 g/mol. The Morgan fingerprint density at radius 1 is 1.42 bits per heavy atom. The van der Waals surface area contributed by atoms with Gasteiger partial charge in [-0.15, -0.1) is 0 Å². The number of rotatable bonds is 1. The second-order valence-electron chi connectivity index (χ2n) is 4.69. The third-order valence-corrected chi connectivity index (χ3v) is 3.53. The van der Waals surface area contributed by atoms with Gasteiger partial charge in [0.2, 0.25) is 11.8 Å². The van der Waals surface area contributed by atoms with E-state index < -0.39 is 11.9 Å². The van der Waals surface area contributed by atoms with E-state index >= 15 is 0 Å². The van der Waals surface area contributed by atoms with Gasteiger partial charge in [0.15, 0.2) is 0 Å². The number of carbonyl (C=O) groups excluding carboxylic acids is 3. The molecule has 1 unspecified atom stereocenters. The number of piperidine rings is 1. The van der Waals surface area contributed by atoms with Crippen LogP contribution in [0.25, 0.3) is 0 Å². The molecule has 2 aliphatic rings. The normalized spacial score (nSPS) is 23.2. The van der Waals surface area contributed by atoms with Crippen LogP contribution in [0.2, 0.25) is 0 Å². The van der Waals surface area contributed by atoms with Crippen molar-refractivity contribution < 1.29 is 15.8 Å².